The van der Waals surface area contributed by atoms with Crippen LogP contribution in [0.5, 0.6) is 0 Å². The van der Waals surface area contributed by atoms with Crippen LogP contribution in [0, 0.1) is 0 Å². The Morgan fingerprint density at radius 2 is 1.96 bits per heavy atom. The zero-order valence-corrected chi connectivity index (χ0v) is 13.7. The van der Waals surface area contributed by atoms with Crippen molar-refractivity contribution < 1.29 is 23.9 Å². The van der Waals surface area contributed by atoms with Crippen LogP contribution in [0.25, 0.3) is 0 Å². The maximum absolute atomic E-state index is 12.4. The van der Waals surface area contributed by atoms with Crippen molar-refractivity contribution in [3.05, 3.63) is 0 Å². The van der Waals surface area contributed by atoms with Crippen LogP contribution in [0.1, 0.15) is 46.5 Å². The third-order valence-electron chi connectivity index (χ3n) is 4.34. The van der Waals surface area contributed by atoms with Gasteiger partial charge >= 0.3 is 12.0 Å². The van der Waals surface area contributed by atoms with Crippen molar-refractivity contribution in [2.75, 3.05) is 6.54 Å². The molecule has 23 heavy (non-hydrogen) atoms. The number of nitrogens with one attached hydrogen (secondary N) is 2. The first-order valence-electron chi connectivity index (χ1n) is 7.97. The standard InChI is InChI=1S/C15H23N3O5/c1-4-15(5-2)13(21)18(14(22)17-15)8-11(19)23-9(3)12(20)16-10-6-7-10/h9-10H,4-8H2,1-3H3,(H,16,20)(H,17,22)/t9-/m1/s1. The molecular formula is C15H23N3O5. The summed E-state index contributed by atoms with van der Waals surface area (Å²) in [5, 5.41) is 5.36. The summed E-state index contributed by atoms with van der Waals surface area (Å²) in [4.78, 5) is 48.8. The monoisotopic (exact) mass is 325 g/mol. The molecule has 0 bridgehead atoms. The first kappa shape index (κ1) is 17.2. The van der Waals surface area contributed by atoms with Gasteiger partial charge in [-0.05, 0) is 32.6 Å². The van der Waals surface area contributed by atoms with E-state index in [-0.39, 0.29) is 11.9 Å². The van der Waals surface area contributed by atoms with E-state index in [0.29, 0.717) is 12.8 Å². The van der Waals surface area contributed by atoms with Gasteiger partial charge in [0.1, 0.15) is 12.1 Å². The van der Waals surface area contributed by atoms with E-state index in [1.807, 2.05) is 0 Å². The van der Waals surface area contributed by atoms with E-state index in [2.05, 4.69) is 10.6 Å². The number of urea groups is 1. The summed E-state index contributed by atoms with van der Waals surface area (Å²) in [7, 11) is 0. The van der Waals surface area contributed by atoms with E-state index in [1.165, 1.54) is 6.92 Å². The third kappa shape index (κ3) is 3.62. The Labute approximate surface area is 134 Å². The second-order valence-corrected chi connectivity index (χ2v) is 6.03. The molecule has 128 valence electrons. The van der Waals surface area contributed by atoms with Crippen LogP contribution in [-0.4, -0.2) is 52.9 Å². The van der Waals surface area contributed by atoms with Crippen molar-refractivity contribution in [3.8, 4) is 0 Å². The summed E-state index contributed by atoms with van der Waals surface area (Å²) in [5.41, 5.74) is -0.952. The van der Waals surface area contributed by atoms with Gasteiger partial charge in [0.05, 0.1) is 0 Å². The minimum Gasteiger partial charge on any atom is -0.451 e. The molecule has 4 amide bonds. The van der Waals surface area contributed by atoms with Gasteiger partial charge in [0.25, 0.3) is 11.8 Å². The molecule has 1 heterocycles. The minimum absolute atomic E-state index is 0.171. The lowest BCUT2D eigenvalue weighted by molar-refractivity contribution is -0.156. The molecule has 1 saturated carbocycles. The Hall–Kier alpha value is -2.12. The SMILES string of the molecule is CCC1(CC)NC(=O)N(CC(=O)O[C@H](C)C(=O)NC2CC2)C1=O. The predicted molar refractivity (Wildman–Crippen MR) is 80.3 cm³/mol. The molecule has 8 heteroatoms. The van der Waals surface area contributed by atoms with Crippen molar-refractivity contribution >= 4 is 23.8 Å². The number of ether oxygens (including phenoxy) is 1. The van der Waals surface area contributed by atoms with E-state index in [9.17, 15) is 19.2 Å². The number of esters is 1. The van der Waals surface area contributed by atoms with Gasteiger partial charge < -0.3 is 15.4 Å². The summed E-state index contributed by atoms with van der Waals surface area (Å²) in [6.45, 7) is 4.57. The number of nitrogens with zero attached hydrogens (tertiary/aromatic N) is 1. The van der Waals surface area contributed by atoms with Crippen LogP contribution in [-0.2, 0) is 19.1 Å². The van der Waals surface area contributed by atoms with Gasteiger partial charge in [-0.3, -0.25) is 19.3 Å². The van der Waals surface area contributed by atoms with Crippen molar-refractivity contribution in [1.29, 1.82) is 0 Å². The molecule has 0 aromatic carbocycles. The summed E-state index contributed by atoms with van der Waals surface area (Å²) < 4.78 is 5.01. The van der Waals surface area contributed by atoms with E-state index in [1.54, 1.807) is 13.8 Å². The summed E-state index contributed by atoms with van der Waals surface area (Å²) in [5.74, 6) is -1.58. The van der Waals surface area contributed by atoms with Crippen molar-refractivity contribution in [2.45, 2.75) is 64.1 Å². The minimum atomic E-state index is -0.953. The fourth-order valence-electron chi connectivity index (χ4n) is 2.51. The van der Waals surface area contributed by atoms with Gasteiger partial charge in [-0.1, -0.05) is 13.8 Å². The lowest BCUT2D eigenvalue weighted by Crippen LogP contribution is -2.46. The van der Waals surface area contributed by atoms with Crippen LogP contribution in [0.2, 0.25) is 0 Å². The zero-order valence-electron chi connectivity index (χ0n) is 13.7. The first-order valence-corrected chi connectivity index (χ1v) is 7.97. The molecule has 2 rings (SSSR count). The largest absolute Gasteiger partial charge is 0.451 e. The van der Waals surface area contributed by atoms with E-state index in [4.69, 9.17) is 4.74 Å². The first-order chi connectivity index (χ1) is 10.8. The third-order valence-corrected chi connectivity index (χ3v) is 4.34. The van der Waals surface area contributed by atoms with E-state index < -0.39 is 36.1 Å². The number of carbonyl (C=O) groups is 4. The van der Waals surface area contributed by atoms with Gasteiger partial charge in [-0.15, -0.1) is 0 Å². The number of hydrogen-bond donors (Lipinski definition) is 2. The predicted octanol–water partition coefficient (Wildman–Crippen LogP) is 0.307. The normalized spacial score (nSPS) is 20.9. The van der Waals surface area contributed by atoms with Gasteiger partial charge in [0.2, 0.25) is 0 Å². The van der Waals surface area contributed by atoms with Crippen LogP contribution < -0.4 is 10.6 Å². The highest BCUT2D eigenvalue weighted by Crippen LogP contribution is 2.24. The molecule has 8 nitrogen and oxygen atoms in total. The smallest absolute Gasteiger partial charge is 0.327 e. The lowest BCUT2D eigenvalue weighted by atomic mass is 9.93. The van der Waals surface area contributed by atoms with Crippen LogP contribution in [0.3, 0.4) is 0 Å². The summed E-state index contributed by atoms with van der Waals surface area (Å²) >= 11 is 0. The maximum Gasteiger partial charge on any atom is 0.327 e. The van der Waals surface area contributed by atoms with Crippen molar-refractivity contribution in [3.63, 3.8) is 0 Å². The van der Waals surface area contributed by atoms with Crippen molar-refractivity contribution in [1.82, 2.24) is 15.5 Å². The molecule has 0 aromatic rings. The fourth-order valence-corrected chi connectivity index (χ4v) is 2.51. The average molecular weight is 325 g/mol. The molecule has 0 spiro atoms. The molecule has 0 aromatic heterocycles. The Kier molecular flexibility index (Phi) is 4.91. The average Bonchev–Trinajstić information content (AvgIpc) is 3.29. The van der Waals surface area contributed by atoms with Crippen LogP contribution in [0.15, 0.2) is 0 Å². The van der Waals surface area contributed by atoms with E-state index in [0.717, 1.165) is 17.7 Å². The number of carbonyl (C=O) groups excluding carboxylic acids is 4. The van der Waals surface area contributed by atoms with Crippen LogP contribution in [0.4, 0.5) is 4.79 Å². The number of hydrogen-bond acceptors (Lipinski definition) is 5. The molecule has 0 radical (unpaired) electrons. The molecule has 2 N–H and O–H groups in total. The molecular weight excluding hydrogens is 302 g/mol. The fraction of sp³-hybridized carbons (Fsp3) is 0.733. The Morgan fingerprint density at radius 1 is 1.35 bits per heavy atom. The summed E-state index contributed by atoms with van der Waals surface area (Å²) in [6, 6.07) is -0.435. The highest BCUT2D eigenvalue weighted by molar-refractivity contribution is 6.08. The van der Waals surface area contributed by atoms with Crippen LogP contribution >= 0.6 is 0 Å². The molecule has 2 fully saturated rings. The molecule has 1 saturated heterocycles. The Bertz CT molecular complexity index is 525. The molecule has 1 aliphatic carbocycles. The zero-order chi connectivity index (χ0) is 17.2. The van der Waals surface area contributed by atoms with Crippen molar-refractivity contribution in [2.24, 2.45) is 0 Å². The summed E-state index contributed by atoms with van der Waals surface area (Å²) in [6.07, 6.45) is 1.81. The second kappa shape index (κ2) is 6.55. The maximum atomic E-state index is 12.4. The Morgan fingerprint density at radius 3 is 2.43 bits per heavy atom. The quantitative estimate of drug-likeness (QED) is 0.518. The highest BCUT2D eigenvalue weighted by Gasteiger charge is 2.49. The van der Waals surface area contributed by atoms with Gasteiger partial charge in [-0.2, -0.15) is 0 Å². The second-order valence-electron chi connectivity index (χ2n) is 6.03. The van der Waals surface area contributed by atoms with Gasteiger partial charge in [-0.25, -0.2) is 4.79 Å². The molecule has 0 unspecified atom stereocenters. The van der Waals surface area contributed by atoms with Gasteiger partial charge in [0, 0.05) is 6.04 Å². The topological polar surface area (TPSA) is 105 Å². The highest BCUT2D eigenvalue weighted by atomic mass is 16.5. The molecule has 2 aliphatic rings. The molecule has 1 aliphatic heterocycles. The van der Waals surface area contributed by atoms with E-state index >= 15 is 0 Å². The Balaban J connectivity index is 1.90. The number of imide groups is 1. The number of rotatable bonds is 7. The number of amides is 4. The lowest BCUT2D eigenvalue weighted by Gasteiger charge is -2.23. The van der Waals surface area contributed by atoms with Gasteiger partial charge in [0.15, 0.2) is 6.10 Å². The molecule has 1 atom stereocenters.